The predicted molar refractivity (Wildman–Crippen MR) is 89.4 cm³/mol. The normalized spacial score (nSPS) is 12.5. The van der Waals surface area contributed by atoms with Gasteiger partial charge in [0.15, 0.2) is 0 Å². The van der Waals surface area contributed by atoms with Crippen LogP contribution in [-0.4, -0.2) is 18.1 Å². The Hall–Kier alpha value is -1.19. The molecule has 20 heavy (non-hydrogen) atoms. The maximum Gasteiger partial charge on any atom is 0.0978 e. The van der Waals surface area contributed by atoms with Crippen molar-refractivity contribution in [1.82, 2.24) is 10.3 Å². The molecule has 108 valence electrons. The van der Waals surface area contributed by atoms with Crippen LogP contribution in [0.25, 0.3) is 10.2 Å². The lowest BCUT2D eigenvalue weighted by Crippen LogP contribution is -2.20. The molecule has 0 fully saturated rings. The fourth-order valence-corrected chi connectivity index (χ4v) is 3.18. The standard InChI is InChI=1S/C17H24N2S/c1-13(2)12-18-10-6-7-14(3)11-17-19-15-8-4-5-9-16(15)20-17/h4-5,7-9,13,18H,6,10-12H2,1-3H3. The Labute approximate surface area is 125 Å². The van der Waals surface area contributed by atoms with Crippen molar-refractivity contribution in [3.63, 3.8) is 0 Å². The monoisotopic (exact) mass is 288 g/mol. The van der Waals surface area contributed by atoms with Crippen molar-refractivity contribution in [2.75, 3.05) is 13.1 Å². The van der Waals surface area contributed by atoms with E-state index in [9.17, 15) is 0 Å². The molecular weight excluding hydrogens is 264 g/mol. The van der Waals surface area contributed by atoms with Crippen LogP contribution in [0.3, 0.4) is 0 Å². The Morgan fingerprint density at radius 2 is 2.15 bits per heavy atom. The molecule has 1 N–H and O–H groups in total. The molecule has 0 saturated heterocycles. The number of nitrogens with zero attached hydrogens (tertiary/aromatic N) is 1. The predicted octanol–water partition coefficient (Wildman–Crippen LogP) is 4.42. The van der Waals surface area contributed by atoms with Crippen molar-refractivity contribution >= 4 is 21.6 Å². The highest BCUT2D eigenvalue weighted by molar-refractivity contribution is 7.18. The first-order chi connectivity index (χ1) is 9.65. The average Bonchev–Trinajstić information content (AvgIpc) is 2.79. The van der Waals surface area contributed by atoms with Gasteiger partial charge >= 0.3 is 0 Å². The van der Waals surface area contributed by atoms with Gasteiger partial charge in [0.1, 0.15) is 0 Å². The SMILES string of the molecule is CC(=CCCNCC(C)C)Cc1nc2ccccc2s1. The quantitative estimate of drug-likeness (QED) is 0.602. The zero-order chi connectivity index (χ0) is 14.4. The van der Waals surface area contributed by atoms with Crippen LogP contribution >= 0.6 is 11.3 Å². The second-order valence-electron chi connectivity index (χ2n) is 5.69. The van der Waals surface area contributed by atoms with Gasteiger partial charge in [0, 0.05) is 6.42 Å². The minimum Gasteiger partial charge on any atom is -0.316 e. The van der Waals surface area contributed by atoms with E-state index in [1.165, 1.54) is 15.3 Å². The topological polar surface area (TPSA) is 24.9 Å². The van der Waals surface area contributed by atoms with Crippen LogP contribution in [0.15, 0.2) is 35.9 Å². The van der Waals surface area contributed by atoms with E-state index in [-0.39, 0.29) is 0 Å². The van der Waals surface area contributed by atoms with Gasteiger partial charge in [-0.3, -0.25) is 0 Å². The van der Waals surface area contributed by atoms with Crippen LogP contribution in [0.4, 0.5) is 0 Å². The summed E-state index contributed by atoms with van der Waals surface area (Å²) >= 11 is 1.81. The number of aromatic nitrogens is 1. The molecule has 0 aliphatic carbocycles. The summed E-state index contributed by atoms with van der Waals surface area (Å²) in [6.45, 7) is 8.84. The molecule has 1 heterocycles. The molecule has 2 nitrogen and oxygen atoms in total. The number of thiazole rings is 1. The summed E-state index contributed by atoms with van der Waals surface area (Å²) < 4.78 is 1.29. The van der Waals surface area contributed by atoms with Crippen LogP contribution in [0.1, 0.15) is 32.2 Å². The highest BCUT2D eigenvalue weighted by Gasteiger charge is 2.03. The lowest BCUT2D eigenvalue weighted by Gasteiger charge is -2.05. The molecule has 0 amide bonds. The van der Waals surface area contributed by atoms with Gasteiger partial charge in [0.05, 0.1) is 15.2 Å². The van der Waals surface area contributed by atoms with E-state index in [0.717, 1.165) is 37.4 Å². The molecule has 0 spiro atoms. The highest BCUT2D eigenvalue weighted by Crippen LogP contribution is 2.23. The summed E-state index contributed by atoms with van der Waals surface area (Å²) in [4.78, 5) is 4.68. The smallest absolute Gasteiger partial charge is 0.0978 e. The third-order valence-corrected chi connectivity index (χ3v) is 4.17. The second-order valence-corrected chi connectivity index (χ2v) is 6.80. The van der Waals surface area contributed by atoms with Crippen molar-refractivity contribution in [2.24, 2.45) is 5.92 Å². The third kappa shape index (κ3) is 4.73. The van der Waals surface area contributed by atoms with Crippen molar-refractivity contribution < 1.29 is 0 Å². The molecule has 3 heteroatoms. The van der Waals surface area contributed by atoms with Gasteiger partial charge in [0.2, 0.25) is 0 Å². The Morgan fingerprint density at radius 3 is 2.90 bits per heavy atom. The van der Waals surface area contributed by atoms with E-state index >= 15 is 0 Å². The van der Waals surface area contributed by atoms with Crippen molar-refractivity contribution in [1.29, 1.82) is 0 Å². The van der Waals surface area contributed by atoms with Gasteiger partial charge in [0.25, 0.3) is 0 Å². The summed E-state index contributed by atoms with van der Waals surface area (Å²) in [7, 11) is 0. The van der Waals surface area contributed by atoms with Gasteiger partial charge < -0.3 is 5.32 Å². The number of allylic oxidation sites excluding steroid dienone is 1. The third-order valence-electron chi connectivity index (χ3n) is 3.13. The van der Waals surface area contributed by atoms with Crippen LogP contribution in [0, 0.1) is 5.92 Å². The van der Waals surface area contributed by atoms with Crippen LogP contribution < -0.4 is 5.32 Å². The number of nitrogens with one attached hydrogen (secondary N) is 1. The fraction of sp³-hybridized carbons (Fsp3) is 0.471. The maximum absolute atomic E-state index is 4.68. The summed E-state index contributed by atoms with van der Waals surface area (Å²) in [6, 6.07) is 8.36. The summed E-state index contributed by atoms with van der Waals surface area (Å²) in [6.07, 6.45) is 4.41. The zero-order valence-corrected chi connectivity index (χ0v) is 13.5. The van der Waals surface area contributed by atoms with E-state index in [1.54, 1.807) is 11.3 Å². The Kier molecular flexibility index (Phi) is 5.74. The van der Waals surface area contributed by atoms with Gasteiger partial charge in [-0.15, -0.1) is 11.3 Å². The number of hydrogen-bond donors (Lipinski definition) is 1. The number of hydrogen-bond acceptors (Lipinski definition) is 3. The van der Waals surface area contributed by atoms with E-state index in [0.29, 0.717) is 0 Å². The zero-order valence-electron chi connectivity index (χ0n) is 12.6. The molecule has 1 aromatic heterocycles. The van der Waals surface area contributed by atoms with Crippen molar-refractivity contribution in [3.05, 3.63) is 40.9 Å². The minimum absolute atomic E-state index is 0.725. The number of para-hydroxylation sites is 1. The molecule has 2 aromatic rings. The number of fused-ring (bicyclic) bond motifs is 1. The molecule has 0 radical (unpaired) electrons. The molecular formula is C17H24N2S. The van der Waals surface area contributed by atoms with Crippen molar-refractivity contribution in [2.45, 2.75) is 33.6 Å². The summed E-state index contributed by atoms with van der Waals surface area (Å²) in [5.41, 5.74) is 2.54. The van der Waals surface area contributed by atoms with Gasteiger partial charge in [-0.2, -0.15) is 0 Å². The highest BCUT2D eigenvalue weighted by atomic mass is 32.1. The molecule has 0 bridgehead atoms. The second kappa shape index (κ2) is 7.55. The average molecular weight is 288 g/mol. The minimum atomic E-state index is 0.725. The molecule has 0 aliphatic rings. The first-order valence-electron chi connectivity index (χ1n) is 7.36. The molecule has 0 unspecified atom stereocenters. The van der Waals surface area contributed by atoms with Gasteiger partial charge in [-0.05, 0) is 44.5 Å². The Bertz CT molecular complexity index is 536. The molecule has 0 aliphatic heterocycles. The summed E-state index contributed by atoms with van der Waals surface area (Å²) in [5.74, 6) is 0.725. The first-order valence-corrected chi connectivity index (χ1v) is 8.17. The van der Waals surface area contributed by atoms with Crippen LogP contribution in [0.5, 0.6) is 0 Å². The lowest BCUT2D eigenvalue weighted by atomic mass is 10.2. The van der Waals surface area contributed by atoms with E-state index in [2.05, 4.69) is 61.4 Å². The number of rotatable bonds is 7. The van der Waals surface area contributed by atoms with E-state index in [1.807, 2.05) is 0 Å². The number of benzene rings is 1. The lowest BCUT2D eigenvalue weighted by molar-refractivity contribution is 0.556. The molecule has 1 aromatic carbocycles. The maximum atomic E-state index is 4.68. The van der Waals surface area contributed by atoms with Gasteiger partial charge in [-0.25, -0.2) is 4.98 Å². The van der Waals surface area contributed by atoms with Crippen LogP contribution in [0.2, 0.25) is 0 Å². The van der Waals surface area contributed by atoms with Gasteiger partial charge in [-0.1, -0.05) is 37.6 Å². The molecule has 0 atom stereocenters. The molecule has 2 rings (SSSR count). The van der Waals surface area contributed by atoms with E-state index in [4.69, 9.17) is 0 Å². The van der Waals surface area contributed by atoms with Crippen LogP contribution in [-0.2, 0) is 6.42 Å². The largest absolute Gasteiger partial charge is 0.316 e. The molecule has 0 saturated carbocycles. The van der Waals surface area contributed by atoms with Crippen molar-refractivity contribution in [3.8, 4) is 0 Å². The Balaban J connectivity index is 1.82. The fourth-order valence-electron chi connectivity index (χ4n) is 2.12. The summed E-state index contributed by atoms with van der Waals surface area (Å²) in [5, 5.41) is 4.69. The Morgan fingerprint density at radius 1 is 1.35 bits per heavy atom. The van der Waals surface area contributed by atoms with E-state index < -0.39 is 0 Å². The first kappa shape index (κ1) is 15.2.